The van der Waals surface area contributed by atoms with Crippen LogP contribution in [0, 0.1) is 11.6 Å². The molecular formula is C10H11F2N. The molecule has 13 heavy (non-hydrogen) atoms. The van der Waals surface area contributed by atoms with Gasteiger partial charge in [-0.25, -0.2) is 8.78 Å². The molecule has 0 heterocycles. The maximum absolute atomic E-state index is 13.0. The molecule has 0 amide bonds. The predicted molar refractivity (Wildman–Crippen MR) is 49.0 cm³/mol. The van der Waals surface area contributed by atoms with Gasteiger partial charge in [-0.15, -0.1) is 0 Å². The van der Waals surface area contributed by atoms with E-state index in [9.17, 15) is 8.78 Å². The van der Waals surface area contributed by atoms with Crippen LogP contribution in [0.15, 0.2) is 24.3 Å². The molecule has 1 unspecified atom stereocenters. The highest BCUT2D eigenvalue weighted by atomic mass is 19.2. The molecule has 0 aliphatic rings. The molecule has 3 heteroatoms. The number of nitrogens with two attached hydrogens (primary N) is 1. The maximum atomic E-state index is 13.0. The Hall–Kier alpha value is -1.22. The fourth-order valence-electron chi connectivity index (χ4n) is 0.905. The van der Waals surface area contributed by atoms with Crippen molar-refractivity contribution in [1.29, 1.82) is 0 Å². The van der Waals surface area contributed by atoms with Gasteiger partial charge in [-0.3, -0.25) is 0 Å². The van der Waals surface area contributed by atoms with E-state index >= 15 is 0 Å². The molecule has 70 valence electrons. The molecule has 0 saturated carbocycles. The third kappa shape index (κ3) is 2.63. The fraction of sp³-hybridized carbons (Fsp3) is 0.200. The molecule has 1 aromatic rings. The van der Waals surface area contributed by atoms with Crippen LogP contribution in [0.3, 0.4) is 0 Å². The van der Waals surface area contributed by atoms with Crippen molar-refractivity contribution in [3.05, 3.63) is 41.5 Å². The first-order valence-electron chi connectivity index (χ1n) is 3.99. The minimum Gasteiger partial charge on any atom is -0.325 e. The van der Waals surface area contributed by atoms with Crippen molar-refractivity contribution in [2.45, 2.75) is 13.0 Å². The summed E-state index contributed by atoms with van der Waals surface area (Å²) < 4.78 is 25.6. The van der Waals surface area contributed by atoms with Gasteiger partial charge in [0.25, 0.3) is 0 Å². The van der Waals surface area contributed by atoms with Crippen LogP contribution >= 0.6 is 0 Å². The van der Waals surface area contributed by atoms with E-state index in [2.05, 4.69) is 0 Å². The zero-order valence-corrected chi connectivity index (χ0v) is 7.30. The standard InChI is InChI=1S/C10H11F2N/c1-7(13)5-6-8-3-2-4-9(11)10(8)12/h2-7H,13H2,1H3/b6-5+. The Morgan fingerprint density at radius 1 is 1.38 bits per heavy atom. The van der Waals surface area contributed by atoms with Crippen LogP contribution in [0.25, 0.3) is 6.08 Å². The third-order valence-electron chi connectivity index (χ3n) is 1.56. The van der Waals surface area contributed by atoms with Gasteiger partial charge in [-0.2, -0.15) is 0 Å². The summed E-state index contributed by atoms with van der Waals surface area (Å²) in [5.41, 5.74) is 5.65. The Labute approximate surface area is 75.9 Å². The maximum Gasteiger partial charge on any atom is 0.166 e. The number of rotatable bonds is 2. The number of hydrogen-bond donors (Lipinski definition) is 1. The molecule has 0 spiro atoms. The van der Waals surface area contributed by atoms with Crippen molar-refractivity contribution in [1.82, 2.24) is 0 Å². The lowest BCUT2D eigenvalue weighted by Crippen LogP contribution is -2.10. The van der Waals surface area contributed by atoms with Crippen molar-refractivity contribution in [3.63, 3.8) is 0 Å². The summed E-state index contributed by atoms with van der Waals surface area (Å²) in [4.78, 5) is 0. The molecule has 1 nitrogen and oxygen atoms in total. The summed E-state index contributed by atoms with van der Waals surface area (Å²) in [7, 11) is 0. The van der Waals surface area contributed by atoms with Crippen LogP contribution in [0.1, 0.15) is 12.5 Å². The van der Waals surface area contributed by atoms with Gasteiger partial charge >= 0.3 is 0 Å². The van der Waals surface area contributed by atoms with Gasteiger partial charge in [-0.05, 0) is 13.0 Å². The molecule has 0 aliphatic carbocycles. The van der Waals surface area contributed by atoms with Gasteiger partial charge in [0, 0.05) is 11.6 Å². The lowest BCUT2D eigenvalue weighted by atomic mass is 10.1. The van der Waals surface area contributed by atoms with E-state index in [1.54, 1.807) is 13.0 Å². The van der Waals surface area contributed by atoms with Crippen LogP contribution < -0.4 is 5.73 Å². The first-order chi connectivity index (χ1) is 6.11. The zero-order valence-electron chi connectivity index (χ0n) is 7.30. The van der Waals surface area contributed by atoms with Crippen LogP contribution in [0.2, 0.25) is 0 Å². The Balaban J connectivity index is 2.95. The quantitative estimate of drug-likeness (QED) is 0.748. The third-order valence-corrected chi connectivity index (χ3v) is 1.56. The first kappa shape index (κ1) is 9.86. The SMILES string of the molecule is CC(N)/C=C/c1cccc(F)c1F. The fourth-order valence-corrected chi connectivity index (χ4v) is 0.905. The molecule has 0 bridgehead atoms. The predicted octanol–water partition coefficient (Wildman–Crippen LogP) is 2.33. The average molecular weight is 183 g/mol. The highest BCUT2D eigenvalue weighted by molar-refractivity contribution is 5.50. The Morgan fingerprint density at radius 3 is 2.69 bits per heavy atom. The van der Waals surface area contributed by atoms with Crippen molar-refractivity contribution < 1.29 is 8.78 Å². The second kappa shape index (κ2) is 4.14. The second-order valence-electron chi connectivity index (χ2n) is 2.86. The lowest BCUT2D eigenvalue weighted by molar-refractivity contribution is 0.507. The van der Waals surface area contributed by atoms with Crippen LogP contribution in [-0.2, 0) is 0 Å². The van der Waals surface area contributed by atoms with E-state index in [0.29, 0.717) is 0 Å². The molecule has 0 aromatic heterocycles. The van der Waals surface area contributed by atoms with E-state index in [-0.39, 0.29) is 11.6 Å². The topological polar surface area (TPSA) is 26.0 Å². The summed E-state index contributed by atoms with van der Waals surface area (Å²) in [5, 5.41) is 0. The molecule has 0 radical (unpaired) electrons. The van der Waals surface area contributed by atoms with Gasteiger partial charge in [0.2, 0.25) is 0 Å². The van der Waals surface area contributed by atoms with E-state index in [1.807, 2.05) is 0 Å². The van der Waals surface area contributed by atoms with Crippen molar-refractivity contribution in [2.24, 2.45) is 5.73 Å². The van der Waals surface area contributed by atoms with E-state index in [1.165, 1.54) is 18.2 Å². The minimum absolute atomic E-state index is 0.164. The van der Waals surface area contributed by atoms with Crippen LogP contribution in [0.4, 0.5) is 8.78 Å². The molecule has 2 N–H and O–H groups in total. The molecule has 0 fully saturated rings. The molecular weight excluding hydrogens is 172 g/mol. The normalized spacial score (nSPS) is 13.5. The van der Waals surface area contributed by atoms with Crippen LogP contribution in [0.5, 0.6) is 0 Å². The van der Waals surface area contributed by atoms with Crippen molar-refractivity contribution in [2.75, 3.05) is 0 Å². The average Bonchev–Trinajstić information content (AvgIpc) is 2.07. The van der Waals surface area contributed by atoms with E-state index in [0.717, 1.165) is 6.07 Å². The molecule has 0 saturated heterocycles. The summed E-state index contributed by atoms with van der Waals surface area (Å²) in [6, 6.07) is 3.87. The molecule has 0 aliphatic heterocycles. The first-order valence-corrected chi connectivity index (χ1v) is 3.99. The van der Waals surface area contributed by atoms with Gasteiger partial charge in [0.05, 0.1) is 0 Å². The summed E-state index contributed by atoms with van der Waals surface area (Å²) in [5.74, 6) is -1.67. The second-order valence-corrected chi connectivity index (χ2v) is 2.86. The zero-order chi connectivity index (χ0) is 9.84. The van der Waals surface area contributed by atoms with Gasteiger partial charge in [0.1, 0.15) is 0 Å². The Morgan fingerprint density at radius 2 is 2.08 bits per heavy atom. The number of hydrogen-bond acceptors (Lipinski definition) is 1. The van der Waals surface area contributed by atoms with Gasteiger partial charge < -0.3 is 5.73 Å². The summed E-state index contributed by atoms with van der Waals surface area (Å²) in [6.07, 6.45) is 3.08. The van der Waals surface area contributed by atoms with Crippen molar-refractivity contribution in [3.8, 4) is 0 Å². The Kier molecular flexibility index (Phi) is 3.14. The van der Waals surface area contributed by atoms with E-state index in [4.69, 9.17) is 5.73 Å². The van der Waals surface area contributed by atoms with Crippen LogP contribution in [-0.4, -0.2) is 6.04 Å². The Bertz CT molecular complexity index is 319. The smallest absolute Gasteiger partial charge is 0.166 e. The van der Waals surface area contributed by atoms with Gasteiger partial charge in [0.15, 0.2) is 11.6 Å². The summed E-state index contributed by atoms with van der Waals surface area (Å²) >= 11 is 0. The molecule has 1 rings (SSSR count). The lowest BCUT2D eigenvalue weighted by Gasteiger charge is -1.98. The van der Waals surface area contributed by atoms with E-state index < -0.39 is 11.6 Å². The number of halogens is 2. The number of benzene rings is 1. The minimum atomic E-state index is -0.841. The summed E-state index contributed by atoms with van der Waals surface area (Å²) in [6.45, 7) is 1.76. The van der Waals surface area contributed by atoms with Crippen molar-refractivity contribution >= 4 is 6.08 Å². The highest BCUT2D eigenvalue weighted by Gasteiger charge is 2.03. The van der Waals surface area contributed by atoms with Gasteiger partial charge in [-0.1, -0.05) is 24.3 Å². The largest absolute Gasteiger partial charge is 0.325 e. The monoisotopic (exact) mass is 183 g/mol. The molecule has 1 aromatic carbocycles. The molecule has 1 atom stereocenters. The highest BCUT2D eigenvalue weighted by Crippen LogP contribution is 2.12.